The lowest BCUT2D eigenvalue weighted by Gasteiger charge is -2.33. The van der Waals surface area contributed by atoms with Gasteiger partial charge < -0.3 is 10.6 Å². The number of imidazole rings is 1. The molecule has 0 bridgehead atoms. The number of piperidine rings is 2. The van der Waals surface area contributed by atoms with Crippen molar-refractivity contribution in [3.05, 3.63) is 34.2 Å². The van der Waals surface area contributed by atoms with Crippen molar-refractivity contribution >= 4 is 39.0 Å². The van der Waals surface area contributed by atoms with Gasteiger partial charge in [0.05, 0.1) is 11.0 Å². The molecule has 1 aromatic heterocycles. The van der Waals surface area contributed by atoms with Crippen LogP contribution in [0.15, 0.2) is 23.0 Å². The van der Waals surface area contributed by atoms with E-state index in [4.69, 9.17) is 5.73 Å². The van der Waals surface area contributed by atoms with Gasteiger partial charge in [-0.2, -0.15) is 17.0 Å². The van der Waals surface area contributed by atoms with E-state index in [0.717, 1.165) is 87.3 Å². The summed E-state index contributed by atoms with van der Waals surface area (Å²) in [5, 5.41) is 2.36. The van der Waals surface area contributed by atoms with Gasteiger partial charge >= 0.3 is 5.69 Å². The third-order valence-electron chi connectivity index (χ3n) is 11.4. The van der Waals surface area contributed by atoms with E-state index in [0.29, 0.717) is 58.4 Å². The third kappa shape index (κ3) is 7.67. The van der Waals surface area contributed by atoms with E-state index in [1.807, 2.05) is 23.1 Å². The molecule has 4 aliphatic rings. The van der Waals surface area contributed by atoms with Gasteiger partial charge in [-0.15, -0.1) is 0 Å². The molecule has 49 heavy (non-hydrogen) atoms. The van der Waals surface area contributed by atoms with Gasteiger partial charge in [0.15, 0.2) is 0 Å². The Labute approximate surface area is 289 Å². The number of nitrogens with one attached hydrogen (secondary N) is 1. The van der Waals surface area contributed by atoms with Gasteiger partial charge in [-0.3, -0.25) is 28.8 Å². The van der Waals surface area contributed by atoms with Crippen LogP contribution in [0.4, 0.5) is 0 Å². The first-order valence-corrected chi connectivity index (χ1v) is 19.7. The summed E-state index contributed by atoms with van der Waals surface area (Å²) in [5.41, 5.74) is 8.29. The van der Waals surface area contributed by atoms with Crippen molar-refractivity contribution in [2.75, 3.05) is 39.3 Å². The van der Waals surface area contributed by atoms with Crippen LogP contribution in [0.5, 0.6) is 0 Å². The Hall–Kier alpha value is -3.07. The van der Waals surface area contributed by atoms with Crippen molar-refractivity contribution in [3.63, 3.8) is 0 Å². The van der Waals surface area contributed by atoms with Crippen LogP contribution in [-0.2, 0) is 38.1 Å². The summed E-state index contributed by atoms with van der Waals surface area (Å²) in [4.78, 5) is 52.3. The van der Waals surface area contributed by atoms with Gasteiger partial charge in [0.2, 0.25) is 17.7 Å². The van der Waals surface area contributed by atoms with E-state index in [1.54, 1.807) is 20.2 Å². The average Bonchev–Trinajstić information content (AvgIpc) is 3.77. The maximum absolute atomic E-state index is 13.2. The number of benzene rings is 1. The van der Waals surface area contributed by atoms with Crippen molar-refractivity contribution in [2.45, 2.75) is 108 Å². The quantitative estimate of drug-likeness (QED) is 0.240. The number of hydrogen-bond donors (Lipinski definition) is 2. The highest BCUT2D eigenvalue weighted by molar-refractivity contribution is 7.86. The molecule has 3 N–H and O–H groups in total. The van der Waals surface area contributed by atoms with Crippen LogP contribution < -0.4 is 16.7 Å². The van der Waals surface area contributed by atoms with E-state index >= 15 is 0 Å². The van der Waals surface area contributed by atoms with Crippen LogP contribution in [0.25, 0.3) is 11.0 Å². The number of fused-ring (bicyclic) bond motifs is 1. The van der Waals surface area contributed by atoms with Gasteiger partial charge in [0.1, 0.15) is 6.04 Å². The highest BCUT2D eigenvalue weighted by atomic mass is 32.2. The molecule has 3 amide bonds. The predicted octanol–water partition coefficient (Wildman–Crippen LogP) is 2.57. The first-order chi connectivity index (χ1) is 23.5. The molecule has 2 aromatic rings. The number of para-hydroxylation sites is 1. The number of nitrogens with two attached hydrogens (primary N) is 1. The van der Waals surface area contributed by atoms with Crippen LogP contribution in [0, 0.1) is 5.41 Å². The first kappa shape index (κ1) is 35.7. The smallest absolute Gasteiger partial charge is 0.329 e. The number of carbonyl (C=O) groups excluding carboxylic acids is 3. The van der Waals surface area contributed by atoms with Crippen LogP contribution in [0.3, 0.4) is 0 Å². The SMILES string of the molecule is Cn1c(=O)n(C2CCC(=O)NC2=O)c2cccc(CCCCCCCCCC(=O)N3CCC4(CCN(S(=O)(=O)N5CCC(N)CC5)C4)C3)c21. The average molecular weight is 700 g/mol. The zero-order valence-corrected chi connectivity index (χ0v) is 29.7. The molecule has 2 unspecified atom stereocenters. The Balaban J connectivity index is 0.879. The second-order valence-electron chi connectivity index (χ2n) is 14.8. The zero-order chi connectivity index (χ0) is 34.8. The first-order valence-electron chi connectivity index (χ1n) is 18.3. The van der Waals surface area contributed by atoms with Crippen LogP contribution in [0.2, 0.25) is 0 Å². The summed E-state index contributed by atoms with van der Waals surface area (Å²) in [6.07, 6.45) is 12.3. The number of likely N-dealkylation sites (tertiary alicyclic amines) is 1. The summed E-state index contributed by atoms with van der Waals surface area (Å²) in [5.74, 6) is -0.527. The molecular formula is C35H53N7O6S. The minimum absolute atomic E-state index is 0.0824. The Morgan fingerprint density at radius 2 is 1.59 bits per heavy atom. The molecule has 13 nitrogen and oxygen atoms in total. The molecule has 4 aliphatic heterocycles. The second-order valence-corrected chi connectivity index (χ2v) is 16.8. The molecule has 4 saturated heterocycles. The van der Waals surface area contributed by atoms with E-state index in [-0.39, 0.29) is 35.4 Å². The molecular weight excluding hydrogens is 646 g/mol. The number of unbranched alkanes of at least 4 members (excludes halogenated alkanes) is 6. The molecule has 0 aliphatic carbocycles. The van der Waals surface area contributed by atoms with Crippen LogP contribution in [-0.4, -0.2) is 94.1 Å². The lowest BCUT2D eigenvalue weighted by atomic mass is 9.86. The fourth-order valence-corrected chi connectivity index (χ4v) is 10.2. The minimum atomic E-state index is -3.47. The fourth-order valence-electron chi connectivity index (χ4n) is 8.43. The Morgan fingerprint density at radius 1 is 0.898 bits per heavy atom. The molecule has 0 radical (unpaired) electrons. The monoisotopic (exact) mass is 699 g/mol. The minimum Gasteiger partial charge on any atom is -0.342 e. The number of imide groups is 1. The van der Waals surface area contributed by atoms with Crippen molar-refractivity contribution in [3.8, 4) is 0 Å². The highest BCUT2D eigenvalue weighted by Gasteiger charge is 2.48. The normalized spacial score (nSPS) is 24.4. The molecule has 0 saturated carbocycles. The molecule has 6 rings (SSSR count). The largest absolute Gasteiger partial charge is 0.342 e. The molecule has 1 aromatic carbocycles. The number of hydrogen-bond acceptors (Lipinski definition) is 7. The van der Waals surface area contributed by atoms with Gasteiger partial charge in [-0.25, -0.2) is 4.79 Å². The summed E-state index contributed by atoms with van der Waals surface area (Å²) in [6, 6.07) is 5.26. The number of aryl methyl sites for hydroxylation is 2. The topological polar surface area (TPSA) is 160 Å². The zero-order valence-electron chi connectivity index (χ0n) is 28.9. The van der Waals surface area contributed by atoms with Gasteiger partial charge in [0.25, 0.3) is 10.2 Å². The number of amides is 3. The maximum atomic E-state index is 13.2. The summed E-state index contributed by atoms with van der Waals surface area (Å²) in [7, 11) is -1.73. The summed E-state index contributed by atoms with van der Waals surface area (Å²) < 4.78 is 32.9. The van der Waals surface area contributed by atoms with Crippen molar-refractivity contribution in [1.82, 2.24) is 28.0 Å². The van der Waals surface area contributed by atoms with Gasteiger partial charge in [-0.05, 0) is 63.0 Å². The van der Waals surface area contributed by atoms with Crippen molar-refractivity contribution in [2.24, 2.45) is 18.2 Å². The predicted molar refractivity (Wildman–Crippen MR) is 187 cm³/mol. The van der Waals surface area contributed by atoms with Gasteiger partial charge in [0, 0.05) is 70.6 Å². The van der Waals surface area contributed by atoms with Gasteiger partial charge in [-0.1, -0.05) is 44.2 Å². The number of nitrogens with zero attached hydrogens (tertiary/aromatic N) is 5. The van der Waals surface area contributed by atoms with E-state index in [9.17, 15) is 27.6 Å². The number of aromatic nitrogens is 2. The molecule has 4 fully saturated rings. The summed E-state index contributed by atoms with van der Waals surface area (Å²) in [6.45, 7) is 3.39. The maximum Gasteiger partial charge on any atom is 0.329 e. The lowest BCUT2D eigenvalue weighted by molar-refractivity contribution is -0.136. The molecule has 5 heterocycles. The molecule has 1 spiro atoms. The Kier molecular flexibility index (Phi) is 11.0. The summed E-state index contributed by atoms with van der Waals surface area (Å²) >= 11 is 0. The standard InChI is InChI=1S/C35H53N7O6S/c1-38-32-26(11-9-12-28(32)42(34(38)46)29-14-15-30(43)37-33(29)45)10-7-5-3-2-4-6-8-13-31(44)39-22-18-35(24-39)19-23-41(25-35)49(47,48)40-20-16-27(36)17-21-40/h9,11-12,27,29H,2-8,10,13-25,36H2,1H3,(H,37,43,45). The van der Waals surface area contributed by atoms with Crippen molar-refractivity contribution in [1.29, 1.82) is 0 Å². The van der Waals surface area contributed by atoms with Crippen LogP contribution >= 0.6 is 0 Å². The van der Waals surface area contributed by atoms with E-state index in [2.05, 4.69) is 5.32 Å². The van der Waals surface area contributed by atoms with E-state index in [1.165, 1.54) is 4.57 Å². The van der Waals surface area contributed by atoms with E-state index < -0.39 is 22.2 Å². The number of rotatable bonds is 13. The number of carbonyl (C=O) groups is 3. The fraction of sp³-hybridized carbons (Fsp3) is 0.714. The Morgan fingerprint density at radius 3 is 2.33 bits per heavy atom. The molecule has 270 valence electrons. The highest BCUT2D eigenvalue weighted by Crippen LogP contribution is 2.41. The lowest BCUT2D eigenvalue weighted by Crippen LogP contribution is -2.49. The Bertz CT molecular complexity index is 1710. The second kappa shape index (κ2) is 15.0. The van der Waals surface area contributed by atoms with Crippen molar-refractivity contribution < 1.29 is 22.8 Å². The third-order valence-corrected chi connectivity index (χ3v) is 13.4. The van der Waals surface area contributed by atoms with Crippen LogP contribution in [0.1, 0.15) is 101 Å². The molecule has 14 heteroatoms. The molecule has 2 atom stereocenters.